The largest absolute Gasteiger partial charge is 0.438 e. The lowest BCUT2D eigenvalue weighted by Crippen LogP contribution is -2.42. The number of carbonyl (C=O) groups excluding carboxylic acids is 1. The Balaban J connectivity index is 1.94. The van der Waals surface area contributed by atoms with Gasteiger partial charge in [-0.3, -0.25) is 4.79 Å². The number of aryl methyl sites for hydroxylation is 1. The molecule has 0 radical (unpaired) electrons. The van der Waals surface area contributed by atoms with Crippen LogP contribution in [0.25, 0.3) is 0 Å². The van der Waals surface area contributed by atoms with Crippen LogP contribution in [0.3, 0.4) is 0 Å². The molecule has 2 rings (SSSR count). The van der Waals surface area contributed by atoms with Gasteiger partial charge in [-0.2, -0.15) is 0 Å². The quantitative estimate of drug-likeness (QED) is 0.742. The van der Waals surface area contributed by atoms with Crippen LogP contribution in [0.5, 0.6) is 0 Å². The Labute approximate surface area is 88.3 Å². The van der Waals surface area contributed by atoms with Crippen LogP contribution in [0.15, 0.2) is 10.8 Å². The van der Waals surface area contributed by atoms with Gasteiger partial charge in [0.15, 0.2) is 6.39 Å². The highest BCUT2D eigenvalue weighted by molar-refractivity contribution is 5.92. The third-order valence-electron chi connectivity index (χ3n) is 2.63. The standard InChI is InChI=1S/C10H15N3O2/c1-7-9(15-6-12-7)10(14)13-8-2-4-11-5-3-8/h6,8,11H,2-5H2,1H3,(H,13,14). The highest BCUT2D eigenvalue weighted by atomic mass is 16.3. The number of piperidine rings is 1. The van der Waals surface area contributed by atoms with Gasteiger partial charge in [0.1, 0.15) is 0 Å². The predicted octanol–water partition coefficient (Wildman–Crippen LogP) is 0.465. The number of aromatic nitrogens is 1. The van der Waals surface area contributed by atoms with Crippen LogP contribution in [0.1, 0.15) is 29.1 Å². The number of hydrogen-bond donors (Lipinski definition) is 2. The van der Waals surface area contributed by atoms with Gasteiger partial charge in [0.2, 0.25) is 5.76 Å². The number of carbonyl (C=O) groups is 1. The van der Waals surface area contributed by atoms with Crippen molar-refractivity contribution in [2.45, 2.75) is 25.8 Å². The molecule has 0 saturated carbocycles. The number of rotatable bonds is 2. The molecule has 1 fully saturated rings. The summed E-state index contributed by atoms with van der Waals surface area (Å²) in [7, 11) is 0. The van der Waals surface area contributed by atoms with Crippen molar-refractivity contribution < 1.29 is 9.21 Å². The number of oxazole rings is 1. The summed E-state index contributed by atoms with van der Waals surface area (Å²) in [6, 6.07) is 0.253. The molecule has 5 nitrogen and oxygen atoms in total. The molecular formula is C10H15N3O2. The smallest absolute Gasteiger partial charge is 0.289 e. The van der Waals surface area contributed by atoms with Crippen LogP contribution in [0, 0.1) is 6.92 Å². The summed E-state index contributed by atoms with van der Waals surface area (Å²) in [4.78, 5) is 15.6. The van der Waals surface area contributed by atoms with Crippen molar-refractivity contribution in [1.29, 1.82) is 0 Å². The van der Waals surface area contributed by atoms with E-state index in [1.165, 1.54) is 6.39 Å². The zero-order valence-electron chi connectivity index (χ0n) is 8.75. The van der Waals surface area contributed by atoms with Gasteiger partial charge in [-0.1, -0.05) is 0 Å². The third kappa shape index (κ3) is 2.36. The maximum atomic E-state index is 11.7. The summed E-state index contributed by atoms with van der Waals surface area (Å²) in [5.74, 6) is 0.172. The molecule has 1 aliphatic heterocycles. The van der Waals surface area contributed by atoms with Gasteiger partial charge in [-0.25, -0.2) is 4.98 Å². The maximum Gasteiger partial charge on any atom is 0.289 e. The lowest BCUT2D eigenvalue weighted by atomic mass is 10.1. The van der Waals surface area contributed by atoms with Crippen molar-refractivity contribution in [3.05, 3.63) is 17.8 Å². The van der Waals surface area contributed by atoms with E-state index in [2.05, 4.69) is 15.6 Å². The Morgan fingerprint density at radius 3 is 2.93 bits per heavy atom. The molecule has 5 heteroatoms. The fraction of sp³-hybridized carbons (Fsp3) is 0.600. The normalized spacial score (nSPS) is 17.7. The fourth-order valence-corrected chi connectivity index (χ4v) is 1.74. The SMILES string of the molecule is Cc1ncoc1C(=O)NC1CCNCC1. The molecule has 0 bridgehead atoms. The molecular weight excluding hydrogens is 194 g/mol. The van der Waals surface area contributed by atoms with E-state index >= 15 is 0 Å². The van der Waals surface area contributed by atoms with Crippen LogP contribution in [0.2, 0.25) is 0 Å². The molecule has 0 aromatic carbocycles. The topological polar surface area (TPSA) is 67.2 Å². The Kier molecular flexibility index (Phi) is 3.01. The van der Waals surface area contributed by atoms with E-state index in [0.29, 0.717) is 11.5 Å². The summed E-state index contributed by atoms with van der Waals surface area (Å²) >= 11 is 0. The first kappa shape index (κ1) is 10.2. The van der Waals surface area contributed by atoms with E-state index in [0.717, 1.165) is 25.9 Å². The molecule has 1 aromatic rings. The summed E-state index contributed by atoms with van der Waals surface area (Å²) in [5.41, 5.74) is 0.640. The van der Waals surface area contributed by atoms with Crippen LogP contribution in [0.4, 0.5) is 0 Å². The van der Waals surface area contributed by atoms with Gasteiger partial charge in [-0.05, 0) is 32.9 Å². The first-order valence-electron chi connectivity index (χ1n) is 5.19. The van der Waals surface area contributed by atoms with E-state index < -0.39 is 0 Å². The molecule has 0 spiro atoms. The van der Waals surface area contributed by atoms with Crippen molar-refractivity contribution in [1.82, 2.24) is 15.6 Å². The Morgan fingerprint density at radius 2 is 2.33 bits per heavy atom. The van der Waals surface area contributed by atoms with Crippen LogP contribution in [-0.4, -0.2) is 30.0 Å². The van der Waals surface area contributed by atoms with Crippen LogP contribution >= 0.6 is 0 Å². The second-order valence-corrected chi connectivity index (χ2v) is 3.76. The van der Waals surface area contributed by atoms with Crippen LogP contribution in [-0.2, 0) is 0 Å². The first-order chi connectivity index (χ1) is 7.27. The second-order valence-electron chi connectivity index (χ2n) is 3.76. The third-order valence-corrected chi connectivity index (χ3v) is 2.63. The molecule has 15 heavy (non-hydrogen) atoms. The highest BCUT2D eigenvalue weighted by Crippen LogP contribution is 2.07. The molecule has 1 aromatic heterocycles. The van der Waals surface area contributed by atoms with E-state index in [1.807, 2.05) is 0 Å². The molecule has 1 saturated heterocycles. The lowest BCUT2D eigenvalue weighted by Gasteiger charge is -2.23. The van der Waals surface area contributed by atoms with Crippen molar-refractivity contribution >= 4 is 5.91 Å². The van der Waals surface area contributed by atoms with Gasteiger partial charge in [-0.15, -0.1) is 0 Å². The summed E-state index contributed by atoms with van der Waals surface area (Å²) in [6.45, 7) is 3.68. The average Bonchev–Trinajstić information content (AvgIpc) is 2.66. The molecule has 2 N–H and O–H groups in total. The Hall–Kier alpha value is -1.36. The second kappa shape index (κ2) is 4.44. The van der Waals surface area contributed by atoms with Crippen molar-refractivity contribution in [2.75, 3.05) is 13.1 Å². The number of nitrogens with zero attached hydrogens (tertiary/aromatic N) is 1. The fourth-order valence-electron chi connectivity index (χ4n) is 1.74. The molecule has 1 amide bonds. The minimum Gasteiger partial charge on any atom is -0.438 e. The first-order valence-corrected chi connectivity index (χ1v) is 5.19. The zero-order valence-corrected chi connectivity index (χ0v) is 8.75. The lowest BCUT2D eigenvalue weighted by molar-refractivity contribution is 0.0900. The van der Waals surface area contributed by atoms with Gasteiger partial charge >= 0.3 is 0 Å². The van der Waals surface area contributed by atoms with E-state index in [1.54, 1.807) is 6.92 Å². The predicted molar refractivity (Wildman–Crippen MR) is 54.6 cm³/mol. The van der Waals surface area contributed by atoms with Gasteiger partial charge in [0, 0.05) is 6.04 Å². The Bertz CT molecular complexity index is 342. The molecule has 82 valence electrons. The van der Waals surface area contributed by atoms with Crippen LogP contribution < -0.4 is 10.6 Å². The number of nitrogens with one attached hydrogen (secondary N) is 2. The van der Waals surface area contributed by atoms with E-state index in [-0.39, 0.29) is 11.9 Å². The summed E-state index contributed by atoms with van der Waals surface area (Å²) in [5, 5.41) is 6.20. The van der Waals surface area contributed by atoms with Gasteiger partial charge < -0.3 is 15.1 Å². The summed E-state index contributed by atoms with van der Waals surface area (Å²) < 4.78 is 5.03. The highest BCUT2D eigenvalue weighted by Gasteiger charge is 2.19. The maximum absolute atomic E-state index is 11.7. The van der Waals surface area contributed by atoms with Gasteiger partial charge in [0.25, 0.3) is 5.91 Å². The molecule has 0 aliphatic carbocycles. The number of amides is 1. The molecule has 0 unspecified atom stereocenters. The molecule has 1 aliphatic rings. The van der Waals surface area contributed by atoms with Gasteiger partial charge in [0.05, 0.1) is 5.69 Å². The summed E-state index contributed by atoms with van der Waals surface area (Å²) in [6.07, 6.45) is 3.24. The van der Waals surface area contributed by atoms with Crippen molar-refractivity contribution in [3.8, 4) is 0 Å². The average molecular weight is 209 g/mol. The minimum absolute atomic E-state index is 0.156. The minimum atomic E-state index is -0.156. The zero-order chi connectivity index (χ0) is 10.7. The number of hydrogen-bond acceptors (Lipinski definition) is 4. The molecule has 0 atom stereocenters. The van der Waals surface area contributed by atoms with E-state index in [9.17, 15) is 4.79 Å². The Morgan fingerprint density at radius 1 is 1.60 bits per heavy atom. The van der Waals surface area contributed by atoms with Crippen molar-refractivity contribution in [3.63, 3.8) is 0 Å². The van der Waals surface area contributed by atoms with E-state index in [4.69, 9.17) is 4.42 Å². The molecule has 2 heterocycles. The monoisotopic (exact) mass is 209 g/mol. The van der Waals surface area contributed by atoms with Crippen molar-refractivity contribution in [2.24, 2.45) is 0 Å².